The van der Waals surface area contributed by atoms with Crippen LogP contribution in [-0.4, -0.2) is 0 Å². The van der Waals surface area contributed by atoms with Crippen molar-refractivity contribution in [3.63, 3.8) is 0 Å². The van der Waals surface area contributed by atoms with Crippen molar-refractivity contribution in [2.24, 2.45) is 0 Å². The minimum absolute atomic E-state index is 0.880. The van der Waals surface area contributed by atoms with Crippen molar-refractivity contribution in [2.75, 3.05) is 5.32 Å². The van der Waals surface area contributed by atoms with Crippen LogP contribution >= 0.6 is 0 Å². The molecule has 0 saturated carbocycles. The van der Waals surface area contributed by atoms with E-state index in [-0.39, 0.29) is 0 Å². The summed E-state index contributed by atoms with van der Waals surface area (Å²) < 4.78 is 0. The largest absolute Gasteiger partial charge is 0.381 e. The number of benzene rings is 2. The molecule has 0 saturated heterocycles. The third-order valence-corrected chi connectivity index (χ3v) is 2.84. The lowest BCUT2D eigenvalue weighted by molar-refractivity contribution is 1.13. The van der Waals surface area contributed by atoms with E-state index in [2.05, 4.69) is 49.5 Å². The van der Waals surface area contributed by atoms with Crippen LogP contribution in [0.1, 0.15) is 16.7 Å². The van der Waals surface area contributed by atoms with Gasteiger partial charge in [0, 0.05) is 12.2 Å². The molecule has 0 fully saturated rings. The van der Waals surface area contributed by atoms with Crippen LogP contribution in [0.5, 0.6) is 0 Å². The van der Waals surface area contributed by atoms with Crippen LogP contribution < -0.4 is 5.32 Å². The maximum absolute atomic E-state index is 3.41. The van der Waals surface area contributed by atoms with Gasteiger partial charge >= 0.3 is 0 Å². The number of hydrogen-bond acceptors (Lipinski definition) is 1. The Morgan fingerprint density at radius 3 is 2.31 bits per heavy atom. The maximum atomic E-state index is 3.41. The van der Waals surface area contributed by atoms with Crippen molar-refractivity contribution in [3.05, 3.63) is 65.2 Å². The summed E-state index contributed by atoms with van der Waals surface area (Å²) >= 11 is 0. The van der Waals surface area contributed by atoms with Gasteiger partial charge in [0.25, 0.3) is 0 Å². The van der Waals surface area contributed by atoms with Gasteiger partial charge in [0.05, 0.1) is 0 Å². The molecular weight excluding hydrogens is 194 g/mol. The van der Waals surface area contributed by atoms with E-state index in [1.54, 1.807) is 0 Å². The molecule has 0 amide bonds. The van der Waals surface area contributed by atoms with Gasteiger partial charge in [-0.1, -0.05) is 36.4 Å². The van der Waals surface area contributed by atoms with E-state index in [1.165, 1.54) is 22.4 Å². The lowest BCUT2D eigenvalue weighted by Crippen LogP contribution is -1.99. The van der Waals surface area contributed by atoms with Crippen LogP contribution in [0.4, 0.5) is 5.69 Å². The van der Waals surface area contributed by atoms with Gasteiger partial charge in [-0.3, -0.25) is 0 Å². The number of para-hydroxylation sites is 1. The van der Waals surface area contributed by atoms with Gasteiger partial charge < -0.3 is 5.32 Å². The van der Waals surface area contributed by atoms with E-state index < -0.39 is 0 Å². The summed E-state index contributed by atoms with van der Waals surface area (Å²) in [7, 11) is 0. The van der Waals surface area contributed by atoms with Gasteiger partial charge in [0.2, 0.25) is 0 Å². The molecule has 1 nitrogen and oxygen atoms in total. The van der Waals surface area contributed by atoms with Crippen LogP contribution in [0.3, 0.4) is 0 Å². The molecule has 0 bridgehead atoms. The normalized spacial score (nSPS) is 10.1. The zero-order chi connectivity index (χ0) is 11.4. The zero-order valence-corrected chi connectivity index (χ0v) is 9.83. The quantitative estimate of drug-likeness (QED) is 0.811. The first kappa shape index (κ1) is 10.7. The molecule has 0 atom stereocenters. The molecule has 0 aromatic heterocycles. The van der Waals surface area contributed by atoms with E-state index in [9.17, 15) is 0 Å². The molecular formula is C15H17N. The van der Waals surface area contributed by atoms with Crippen LogP contribution in [0.15, 0.2) is 48.5 Å². The van der Waals surface area contributed by atoms with Gasteiger partial charge in [0.15, 0.2) is 0 Å². The third-order valence-electron chi connectivity index (χ3n) is 2.84. The first-order valence-electron chi connectivity index (χ1n) is 5.61. The minimum Gasteiger partial charge on any atom is -0.381 e. The molecule has 0 radical (unpaired) electrons. The SMILES string of the molecule is Cc1ccc(CNc2ccccc2)cc1C. The Balaban J connectivity index is 2.03. The van der Waals surface area contributed by atoms with Crippen molar-refractivity contribution in [1.29, 1.82) is 0 Å². The van der Waals surface area contributed by atoms with E-state index in [1.807, 2.05) is 18.2 Å². The Morgan fingerprint density at radius 1 is 0.875 bits per heavy atom. The molecule has 1 N–H and O–H groups in total. The standard InChI is InChI=1S/C15H17N/c1-12-8-9-14(10-13(12)2)11-16-15-6-4-3-5-7-15/h3-10,16H,11H2,1-2H3. The second-order valence-electron chi connectivity index (χ2n) is 4.14. The minimum atomic E-state index is 0.880. The summed E-state index contributed by atoms with van der Waals surface area (Å²) in [5, 5.41) is 3.41. The highest BCUT2D eigenvalue weighted by atomic mass is 14.9. The molecule has 0 aliphatic carbocycles. The molecule has 0 heterocycles. The highest BCUT2D eigenvalue weighted by Crippen LogP contribution is 2.12. The van der Waals surface area contributed by atoms with Crippen molar-refractivity contribution < 1.29 is 0 Å². The average Bonchev–Trinajstić information content (AvgIpc) is 2.32. The van der Waals surface area contributed by atoms with Crippen molar-refractivity contribution in [3.8, 4) is 0 Å². The Labute approximate surface area is 97.1 Å². The number of hydrogen-bond donors (Lipinski definition) is 1. The Morgan fingerprint density at radius 2 is 1.62 bits per heavy atom. The number of nitrogens with one attached hydrogen (secondary N) is 1. The third kappa shape index (κ3) is 2.63. The fourth-order valence-electron chi connectivity index (χ4n) is 1.67. The van der Waals surface area contributed by atoms with E-state index in [0.717, 1.165) is 6.54 Å². The number of anilines is 1. The molecule has 82 valence electrons. The summed E-state index contributed by atoms with van der Waals surface area (Å²) in [6, 6.07) is 16.9. The predicted molar refractivity (Wildman–Crippen MR) is 69.7 cm³/mol. The van der Waals surface area contributed by atoms with E-state index in [0.29, 0.717) is 0 Å². The fraction of sp³-hybridized carbons (Fsp3) is 0.200. The highest BCUT2D eigenvalue weighted by molar-refractivity contribution is 5.43. The van der Waals surface area contributed by atoms with Crippen LogP contribution in [-0.2, 0) is 6.54 Å². The fourth-order valence-corrected chi connectivity index (χ4v) is 1.67. The van der Waals surface area contributed by atoms with Gasteiger partial charge in [-0.05, 0) is 42.7 Å². The Kier molecular flexibility index (Phi) is 3.25. The van der Waals surface area contributed by atoms with Gasteiger partial charge in [-0.2, -0.15) is 0 Å². The van der Waals surface area contributed by atoms with E-state index >= 15 is 0 Å². The lowest BCUT2D eigenvalue weighted by Gasteiger charge is -2.08. The second kappa shape index (κ2) is 4.84. The smallest absolute Gasteiger partial charge is 0.0400 e. The van der Waals surface area contributed by atoms with Crippen molar-refractivity contribution in [2.45, 2.75) is 20.4 Å². The van der Waals surface area contributed by atoms with E-state index in [4.69, 9.17) is 0 Å². The Bertz CT molecular complexity index is 460. The molecule has 1 heteroatoms. The average molecular weight is 211 g/mol. The van der Waals surface area contributed by atoms with Crippen LogP contribution in [0.25, 0.3) is 0 Å². The molecule has 2 aromatic rings. The first-order valence-corrected chi connectivity index (χ1v) is 5.61. The molecule has 0 spiro atoms. The number of rotatable bonds is 3. The molecule has 0 unspecified atom stereocenters. The van der Waals surface area contributed by atoms with Crippen LogP contribution in [0, 0.1) is 13.8 Å². The molecule has 0 aliphatic heterocycles. The van der Waals surface area contributed by atoms with Gasteiger partial charge in [-0.25, -0.2) is 0 Å². The summed E-state index contributed by atoms with van der Waals surface area (Å²) in [4.78, 5) is 0. The van der Waals surface area contributed by atoms with Crippen LogP contribution in [0.2, 0.25) is 0 Å². The predicted octanol–water partition coefficient (Wildman–Crippen LogP) is 3.92. The zero-order valence-electron chi connectivity index (χ0n) is 9.83. The lowest BCUT2D eigenvalue weighted by atomic mass is 10.1. The first-order chi connectivity index (χ1) is 7.75. The van der Waals surface area contributed by atoms with Crippen molar-refractivity contribution in [1.82, 2.24) is 0 Å². The number of aryl methyl sites for hydroxylation is 2. The van der Waals surface area contributed by atoms with Gasteiger partial charge in [0.1, 0.15) is 0 Å². The summed E-state index contributed by atoms with van der Waals surface area (Å²) in [5.74, 6) is 0. The topological polar surface area (TPSA) is 12.0 Å². The molecule has 2 aromatic carbocycles. The highest BCUT2D eigenvalue weighted by Gasteiger charge is 1.96. The summed E-state index contributed by atoms with van der Waals surface area (Å²) in [5.41, 5.74) is 5.20. The summed E-state index contributed by atoms with van der Waals surface area (Å²) in [6.07, 6.45) is 0. The maximum Gasteiger partial charge on any atom is 0.0400 e. The second-order valence-corrected chi connectivity index (χ2v) is 4.14. The van der Waals surface area contributed by atoms with Gasteiger partial charge in [-0.15, -0.1) is 0 Å². The molecule has 0 aliphatic rings. The molecule has 2 rings (SSSR count). The molecule has 16 heavy (non-hydrogen) atoms. The monoisotopic (exact) mass is 211 g/mol. The summed E-state index contributed by atoms with van der Waals surface area (Å²) in [6.45, 7) is 5.18. The Hall–Kier alpha value is -1.76. The van der Waals surface area contributed by atoms with Crippen molar-refractivity contribution >= 4 is 5.69 Å².